The van der Waals surface area contributed by atoms with Gasteiger partial charge in [-0.05, 0) is 25.0 Å². The molecule has 1 aromatic carbocycles. The number of carbonyl (C=O) groups excluding carboxylic acids is 2. The van der Waals surface area contributed by atoms with Crippen molar-refractivity contribution in [1.29, 1.82) is 0 Å². The van der Waals surface area contributed by atoms with Crippen molar-refractivity contribution in [1.82, 2.24) is 15.5 Å². The molecule has 31 heavy (non-hydrogen) atoms. The molecule has 2 aliphatic heterocycles. The smallest absolute Gasteiger partial charge is 0.251 e. The third-order valence-corrected chi connectivity index (χ3v) is 6.68. The fourth-order valence-electron chi connectivity index (χ4n) is 4.66. The average molecular weight is 452 g/mol. The number of ether oxygens (including phenoxy) is 2. The summed E-state index contributed by atoms with van der Waals surface area (Å²) in [7, 11) is 1.60. The molecule has 0 radical (unpaired) electrons. The fraction of sp³-hybridized carbons (Fsp3) is 0.652. The average Bonchev–Trinajstić information content (AvgIpc) is 2.74. The third kappa shape index (κ3) is 5.58. The molecular weight excluding hydrogens is 418 g/mol. The first-order chi connectivity index (χ1) is 14.9. The van der Waals surface area contributed by atoms with Crippen molar-refractivity contribution >= 4 is 23.4 Å². The number of carbonyl (C=O) groups is 2. The number of fused-ring (bicyclic) bond motifs is 2. The van der Waals surface area contributed by atoms with Gasteiger partial charge in [0.1, 0.15) is 5.00 Å². The summed E-state index contributed by atoms with van der Waals surface area (Å²) >= 11 is 7.22. The summed E-state index contributed by atoms with van der Waals surface area (Å²) in [5, 5.41) is 5.98. The molecule has 2 bridgehead atoms. The topological polar surface area (TPSA) is 79.9 Å². The van der Waals surface area contributed by atoms with Gasteiger partial charge in [0.05, 0.1) is 6.04 Å². The Morgan fingerprint density at radius 1 is 1.23 bits per heavy atom. The van der Waals surface area contributed by atoms with Crippen LogP contribution in [-0.2, 0) is 14.3 Å². The molecule has 2 saturated heterocycles. The van der Waals surface area contributed by atoms with Crippen LogP contribution in [-0.4, -0.2) is 60.0 Å². The molecule has 2 aliphatic rings. The van der Waals surface area contributed by atoms with Crippen molar-refractivity contribution in [3.63, 3.8) is 0 Å². The molecule has 2 heterocycles. The summed E-state index contributed by atoms with van der Waals surface area (Å²) in [4.78, 5) is 25.9. The van der Waals surface area contributed by atoms with Crippen molar-refractivity contribution < 1.29 is 19.1 Å². The van der Waals surface area contributed by atoms with Crippen LogP contribution in [0.15, 0.2) is 30.3 Å². The number of hydrogen-bond acceptors (Lipinski definition) is 5. The van der Waals surface area contributed by atoms with Gasteiger partial charge in [0.15, 0.2) is 12.5 Å². The highest BCUT2D eigenvalue weighted by Gasteiger charge is 2.58. The van der Waals surface area contributed by atoms with Crippen LogP contribution >= 0.6 is 11.6 Å². The number of nitrogens with zero attached hydrogens (tertiary/aromatic N) is 1. The van der Waals surface area contributed by atoms with Gasteiger partial charge in [-0.2, -0.15) is 0 Å². The molecular formula is C23H34ClN3O4. The third-order valence-electron chi connectivity index (χ3n) is 6.11. The number of methoxy groups -OCH3 is 1. The standard InChI is InChI=1S/C23H34ClN3O4/c1-4-5-6-10-13-27-19-14-18(26-20(29)17-11-8-7-9-12-17)15-23(27,24)22(25-16(2)28)31-21(19)30-3/h7-9,11-12,18-19,21-22H,4-6,10,13-15H2,1-3H3,(H,25,28)(H,26,29). The Labute approximate surface area is 189 Å². The highest BCUT2D eigenvalue weighted by atomic mass is 35.5. The number of amides is 2. The SMILES string of the molecule is CCCCCCN1C2CC(NC(=O)c3ccccc3)CC1(Cl)C(NC(C)=O)OC2OC. The normalized spacial score (nSPS) is 30.6. The molecule has 0 saturated carbocycles. The quantitative estimate of drug-likeness (QED) is 0.342. The van der Waals surface area contributed by atoms with Crippen molar-refractivity contribution in [3.8, 4) is 0 Å². The maximum absolute atomic E-state index is 12.8. The van der Waals surface area contributed by atoms with E-state index in [9.17, 15) is 9.59 Å². The van der Waals surface area contributed by atoms with E-state index in [0.29, 0.717) is 18.4 Å². The minimum atomic E-state index is -0.968. The first-order valence-electron chi connectivity index (χ1n) is 11.2. The van der Waals surface area contributed by atoms with E-state index >= 15 is 0 Å². The lowest BCUT2D eigenvalue weighted by Gasteiger charge is -2.58. The van der Waals surface area contributed by atoms with Crippen LogP contribution in [0, 0.1) is 0 Å². The van der Waals surface area contributed by atoms with E-state index < -0.39 is 17.5 Å². The van der Waals surface area contributed by atoms with Gasteiger partial charge in [-0.25, -0.2) is 0 Å². The summed E-state index contributed by atoms with van der Waals surface area (Å²) in [5.74, 6) is -0.356. The first-order valence-corrected chi connectivity index (χ1v) is 11.5. The van der Waals surface area contributed by atoms with Crippen LogP contribution in [0.3, 0.4) is 0 Å². The second kappa shape index (κ2) is 10.8. The number of piperidine rings is 1. The molecule has 7 nitrogen and oxygen atoms in total. The molecule has 5 atom stereocenters. The Hall–Kier alpha value is -1.67. The van der Waals surface area contributed by atoms with E-state index in [1.54, 1.807) is 19.2 Å². The number of nitrogens with one attached hydrogen (secondary N) is 2. The van der Waals surface area contributed by atoms with Crippen LogP contribution < -0.4 is 10.6 Å². The maximum atomic E-state index is 12.8. The minimum absolute atomic E-state index is 0.121. The van der Waals surface area contributed by atoms with E-state index in [-0.39, 0.29) is 23.9 Å². The van der Waals surface area contributed by atoms with Crippen LogP contribution in [0.5, 0.6) is 0 Å². The zero-order chi connectivity index (χ0) is 22.4. The lowest BCUT2D eigenvalue weighted by atomic mass is 9.86. The summed E-state index contributed by atoms with van der Waals surface area (Å²) in [6, 6.07) is 8.85. The Balaban J connectivity index is 1.82. The summed E-state index contributed by atoms with van der Waals surface area (Å²) < 4.78 is 11.7. The lowest BCUT2D eigenvalue weighted by Crippen LogP contribution is -2.75. The first kappa shape index (κ1) is 24.0. The molecule has 8 heteroatoms. The largest absolute Gasteiger partial charge is 0.354 e. The van der Waals surface area contributed by atoms with Gasteiger partial charge >= 0.3 is 0 Å². The number of hydrogen-bond donors (Lipinski definition) is 2. The molecule has 2 fully saturated rings. The van der Waals surface area contributed by atoms with Crippen LogP contribution in [0.25, 0.3) is 0 Å². The van der Waals surface area contributed by atoms with Gasteiger partial charge in [-0.15, -0.1) is 0 Å². The molecule has 2 N–H and O–H groups in total. The number of alkyl halides is 1. The van der Waals surface area contributed by atoms with E-state index in [1.165, 1.54) is 13.3 Å². The van der Waals surface area contributed by atoms with Crippen LogP contribution in [0.2, 0.25) is 0 Å². The highest BCUT2D eigenvalue weighted by molar-refractivity contribution is 6.24. The second-order valence-electron chi connectivity index (χ2n) is 8.44. The van der Waals surface area contributed by atoms with Gasteiger partial charge in [-0.1, -0.05) is 56.0 Å². The van der Waals surface area contributed by atoms with E-state index in [4.69, 9.17) is 21.1 Å². The van der Waals surface area contributed by atoms with Gasteiger partial charge < -0.3 is 20.1 Å². The zero-order valence-electron chi connectivity index (χ0n) is 18.6. The molecule has 172 valence electrons. The van der Waals surface area contributed by atoms with Crippen molar-refractivity contribution in [2.24, 2.45) is 0 Å². The monoisotopic (exact) mass is 451 g/mol. The number of unbranched alkanes of at least 4 members (excludes halogenated alkanes) is 3. The molecule has 3 rings (SSSR count). The predicted molar refractivity (Wildman–Crippen MR) is 120 cm³/mol. The van der Waals surface area contributed by atoms with Gasteiger partial charge in [0, 0.05) is 38.6 Å². The minimum Gasteiger partial charge on any atom is -0.354 e. The molecule has 2 amide bonds. The van der Waals surface area contributed by atoms with E-state index in [2.05, 4.69) is 22.5 Å². The Bertz CT molecular complexity index is 750. The van der Waals surface area contributed by atoms with Crippen molar-refractivity contribution in [2.45, 2.75) is 82.0 Å². The van der Waals surface area contributed by atoms with Crippen LogP contribution in [0.4, 0.5) is 0 Å². The number of morpholine rings is 1. The molecule has 5 unspecified atom stereocenters. The maximum Gasteiger partial charge on any atom is 0.251 e. The number of rotatable bonds is 9. The summed E-state index contributed by atoms with van der Waals surface area (Å²) in [5.41, 5.74) is 0.608. The summed E-state index contributed by atoms with van der Waals surface area (Å²) in [6.45, 7) is 4.41. The Kier molecular flexibility index (Phi) is 8.33. The van der Waals surface area contributed by atoms with Crippen molar-refractivity contribution in [3.05, 3.63) is 35.9 Å². The lowest BCUT2D eigenvalue weighted by molar-refractivity contribution is -0.274. The van der Waals surface area contributed by atoms with E-state index in [0.717, 1.165) is 25.8 Å². The highest BCUT2D eigenvalue weighted by Crippen LogP contribution is 2.45. The van der Waals surface area contributed by atoms with Gasteiger partial charge in [-0.3, -0.25) is 14.5 Å². The Morgan fingerprint density at radius 3 is 2.61 bits per heavy atom. The predicted octanol–water partition coefficient (Wildman–Crippen LogP) is 3.23. The van der Waals surface area contributed by atoms with Gasteiger partial charge in [0.25, 0.3) is 5.91 Å². The molecule has 0 aromatic heterocycles. The molecule has 0 spiro atoms. The molecule has 1 aromatic rings. The summed E-state index contributed by atoms with van der Waals surface area (Å²) in [6.07, 6.45) is 4.27. The zero-order valence-corrected chi connectivity index (χ0v) is 19.4. The molecule has 0 aliphatic carbocycles. The Morgan fingerprint density at radius 2 is 1.97 bits per heavy atom. The fourth-order valence-corrected chi connectivity index (χ4v) is 5.16. The van der Waals surface area contributed by atoms with Gasteiger partial charge in [0.2, 0.25) is 5.91 Å². The van der Waals surface area contributed by atoms with E-state index in [1.807, 2.05) is 18.2 Å². The second-order valence-corrected chi connectivity index (χ2v) is 9.09. The van der Waals surface area contributed by atoms with Crippen LogP contribution in [0.1, 0.15) is 62.7 Å². The number of halogens is 1. The number of benzene rings is 1. The van der Waals surface area contributed by atoms with Crippen molar-refractivity contribution in [2.75, 3.05) is 13.7 Å².